The van der Waals surface area contributed by atoms with Gasteiger partial charge in [-0.25, -0.2) is 0 Å². The Morgan fingerprint density at radius 3 is 1.37 bits per heavy atom. The second kappa shape index (κ2) is 42.0. The van der Waals surface area contributed by atoms with Gasteiger partial charge in [0.25, 0.3) is 0 Å². The third-order valence-electron chi connectivity index (χ3n) is 9.11. The van der Waals surface area contributed by atoms with Gasteiger partial charge in [0.1, 0.15) is 0 Å². The van der Waals surface area contributed by atoms with Crippen molar-refractivity contribution < 1.29 is 15.0 Å². The Bertz CT molecular complexity index is 941. The van der Waals surface area contributed by atoms with Crippen molar-refractivity contribution in [1.82, 2.24) is 5.32 Å². The maximum absolute atomic E-state index is 12.4. The topological polar surface area (TPSA) is 69.6 Å². The lowest BCUT2D eigenvalue weighted by atomic mass is 10.0. The molecule has 0 spiro atoms. The smallest absolute Gasteiger partial charge is 0.220 e. The first-order valence-electron chi connectivity index (χ1n) is 21.3. The van der Waals surface area contributed by atoms with Crippen molar-refractivity contribution in [3.63, 3.8) is 0 Å². The van der Waals surface area contributed by atoms with Crippen LogP contribution < -0.4 is 5.32 Å². The fraction of sp³-hybridized carbons (Fsp3) is 0.681. The quantitative estimate of drug-likeness (QED) is 0.0445. The summed E-state index contributed by atoms with van der Waals surface area (Å²) in [6.45, 7) is 4.16. The van der Waals surface area contributed by atoms with Crippen molar-refractivity contribution in [3.8, 4) is 0 Å². The summed E-state index contributed by atoms with van der Waals surface area (Å²) in [6, 6.07) is -0.654. The summed E-state index contributed by atoms with van der Waals surface area (Å²) >= 11 is 0. The lowest BCUT2D eigenvalue weighted by Crippen LogP contribution is -2.45. The van der Waals surface area contributed by atoms with Crippen LogP contribution in [0.4, 0.5) is 0 Å². The van der Waals surface area contributed by atoms with Gasteiger partial charge < -0.3 is 15.5 Å². The highest BCUT2D eigenvalue weighted by molar-refractivity contribution is 5.76. The Balaban J connectivity index is 3.71. The molecule has 0 heterocycles. The van der Waals surface area contributed by atoms with E-state index in [4.69, 9.17) is 0 Å². The average molecular weight is 708 g/mol. The summed E-state index contributed by atoms with van der Waals surface area (Å²) in [5.41, 5.74) is 0. The molecule has 2 unspecified atom stereocenters. The van der Waals surface area contributed by atoms with Crippen molar-refractivity contribution >= 4 is 5.91 Å². The predicted octanol–water partition coefficient (Wildman–Crippen LogP) is 13.3. The van der Waals surface area contributed by atoms with Crippen LogP contribution in [0.1, 0.15) is 187 Å². The van der Waals surface area contributed by atoms with Gasteiger partial charge in [0.2, 0.25) is 5.91 Å². The van der Waals surface area contributed by atoms with Crippen LogP contribution >= 0.6 is 0 Å². The first-order valence-corrected chi connectivity index (χ1v) is 21.3. The summed E-state index contributed by atoms with van der Waals surface area (Å²) in [5, 5.41) is 23.0. The van der Waals surface area contributed by atoms with Gasteiger partial charge in [-0.05, 0) is 77.0 Å². The summed E-state index contributed by atoms with van der Waals surface area (Å²) in [4.78, 5) is 12.4. The SMILES string of the molecule is CC/C=C\C/C=C\C/C=C\C/C=C\C/C=C\CCCCCCCC(=O)NC(CO)C(O)/C=C/CC/C=C/CCCCCCCCCCCCCC. The lowest BCUT2D eigenvalue weighted by Gasteiger charge is -2.19. The first kappa shape index (κ1) is 48.6. The van der Waals surface area contributed by atoms with Crippen LogP contribution in [0.3, 0.4) is 0 Å². The van der Waals surface area contributed by atoms with Crippen LogP contribution in [0.2, 0.25) is 0 Å². The van der Waals surface area contributed by atoms with Crippen molar-refractivity contribution in [2.75, 3.05) is 6.61 Å². The number of carbonyl (C=O) groups excluding carboxylic acids is 1. The number of amides is 1. The fourth-order valence-corrected chi connectivity index (χ4v) is 5.87. The normalized spacial score (nSPS) is 13.9. The number of hydrogen-bond acceptors (Lipinski definition) is 3. The number of unbranched alkanes of at least 4 members (excludes halogenated alkanes) is 18. The Kier molecular flexibility index (Phi) is 40.0. The largest absolute Gasteiger partial charge is 0.394 e. The molecular formula is C47H81NO3. The zero-order valence-corrected chi connectivity index (χ0v) is 33.3. The Morgan fingerprint density at radius 2 is 0.882 bits per heavy atom. The molecule has 3 N–H and O–H groups in total. The van der Waals surface area contributed by atoms with Crippen molar-refractivity contribution in [2.24, 2.45) is 0 Å². The molecule has 0 aromatic rings. The minimum absolute atomic E-state index is 0.0963. The second-order valence-electron chi connectivity index (χ2n) is 14.0. The number of aliphatic hydroxyl groups is 2. The number of nitrogens with one attached hydrogen (secondary N) is 1. The molecule has 0 aliphatic rings. The van der Waals surface area contributed by atoms with E-state index in [2.05, 4.69) is 92.1 Å². The molecule has 4 heteroatoms. The van der Waals surface area contributed by atoms with Gasteiger partial charge >= 0.3 is 0 Å². The van der Waals surface area contributed by atoms with E-state index in [0.717, 1.165) is 77.0 Å². The molecule has 4 nitrogen and oxygen atoms in total. The summed E-state index contributed by atoms with van der Waals surface area (Å²) < 4.78 is 0. The average Bonchev–Trinajstić information content (AvgIpc) is 3.13. The molecule has 292 valence electrons. The molecule has 0 radical (unpaired) electrons. The summed E-state index contributed by atoms with van der Waals surface area (Å²) in [5.74, 6) is -0.0963. The van der Waals surface area contributed by atoms with E-state index in [1.807, 2.05) is 6.08 Å². The molecule has 0 aromatic heterocycles. The third kappa shape index (κ3) is 38.6. The molecule has 0 saturated heterocycles. The van der Waals surface area contributed by atoms with Crippen LogP contribution in [0.5, 0.6) is 0 Å². The monoisotopic (exact) mass is 708 g/mol. The molecule has 51 heavy (non-hydrogen) atoms. The predicted molar refractivity (Wildman–Crippen MR) is 225 cm³/mol. The van der Waals surface area contributed by atoms with Crippen molar-refractivity contribution in [2.45, 2.75) is 199 Å². The molecule has 0 aliphatic carbocycles. The van der Waals surface area contributed by atoms with Gasteiger partial charge in [0.05, 0.1) is 18.8 Å². The molecule has 1 amide bonds. The first-order chi connectivity index (χ1) is 25.2. The van der Waals surface area contributed by atoms with Crippen LogP contribution in [-0.2, 0) is 4.79 Å². The number of rotatable bonds is 37. The Labute approximate surface area is 316 Å². The van der Waals surface area contributed by atoms with E-state index in [-0.39, 0.29) is 12.5 Å². The number of carbonyl (C=O) groups is 1. The molecule has 0 aliphatic heterocycles. The zero-order chi connectivity index (χ0) is 37.1. The van der Waals surface area contributed by atoms with Crippen molar-refractivity contribution in [3.05, 3.63) is 85.1 Å². The number of aliphatic hydroxyl groups excluding tert-OH is 2. The third-order valence-corrected chi connectivity index (χ3v) is 9.11. The van der Waals surface area contributed by atoms with E-state index >= 15 is 0 Å². The van der Waals surface area contributed by atoms with Gasteiger partial charge in [-0.1, -0.05) is 189 Å². The highest BCUT2D eigenvalue weighted by Gasteiger charge is 2.17. The molecular weight excluding hydrogens is 627 g/mol. The van der Waals surface area contributed by atoms with Gasteiger partial charge in [0.15, 0.2) is 0 Å². The maximum Gasteiger partial charge on any atom is 0.220 e. The molecule has 0 aromatic carbocycles. The van der Waals surface area contributed by atoms with Crippen LogP contribution in [0.25, 0.3) is 0 Å². The van der Waals surface area contributed by atoms with Crippen LogP contribution in [-0.4, -0.2) is 34.9 Å². The Morgan fingerprint density at radius 1 is 0.490 bits per heavy atom. The van der Waals surface area contributed by atoms with E-state index in [1.54, 1.807) is 6.08 Å². The van der Waals surface area contributed by atoms with Gasteiger partial charge in [-0.3, -0.25) is 4.79 Å². The van der Waals surface area contributed by atoms with E-state index in [0.29, 0.717) is 6.42 Å². The second-order valence-corrected chi connectivity index (χ2v) is 14.0. The minimum atomic E-state index is -0.875. The molecule has 0 fully saturated rings. The van der Waals surface area contributed by atoms with E-state index in [1.165, 1.54) is 89.9 Å². The highest BCUT2D eigenvalue weighted by atomic mass is 16.3. The van der Waals surface area contributed by atoms with Crippen LogP contribution in [0, 0.1) is 0 Å². The zero-order valence-electron chi connectivity index (χ0n) is 33.3. The maximum atomic E-state index is 12.4. The molecule has 0 saturated carbocycles. The lowest BCUT2D eigenvalue weighted by molar-refractivity contribution is -0.123. The molecule has 0 rings (SSSR count). The van der Waals surface area contributed by atoms with E-state index < -0.39 is 12.1 Å². The fourth-order valence-electron chi connectivity index (χ4n) is 5.87. The highest BCUT2D eigenvalue weighted by Crippen LogP contribution is 2.13. The summed E-state index contributed by atoms with van der Waals surface area (Å²) in [6.07, 6.45) is 61.1. The standard InChI is InChI=1S/C47H81NO3/c1-3-5-7-9-11-13-15-17-19-21-23-24-25-27-29-31-33-35-37-39-41-43-47(51)48-45(44-49)46(50)42-40-38-36-34-32-30-28-26-22-20-18-16-14-12-10-8-6-4-2/h5,7,11,13,17,19,23-24,27,29,32,34,40,42,45-46,49-50H,3-4,6,8-10,12,14-16,18,20-22,25-26,28,30-31,33,35-39,41,43-44H2,1-2H3,(H,48,51)/b7-5-,13-11-,19-17-,24-23-,29-27-,34-32+,42-40+. The Hall–Kier alpha value is -2.43. The van der Waals surface area contributed by atoms with Crippen molar-refractivity contribution in [1.29, 1.82) is 0 Å². The molecule has 2 atom stereocenters. The summed E-state index contributed by atoms with van der Waals surface area (Å²) in [7, 11) is 0. The number of allylic oxidation sites excluding steroid dienone is 13. The van der Waals surface area contributed by atoms with Gasteiger partial charge in [-0.2, -0.15) is 0 Å². The molecule has 0 bridgehead atoms. The number of hydrogen-bond donors (Lipinski definition) is 3. The van der Waals surface area contributed by atoms with Crippen LogP contribution in [0.15, 0.2) is 85.1 Å². The van der Waals surface area contributed by atoms with Gasteiger partial charge in [0, 0.05) is 6.42 Å². The minimum Gasteiger partial charge on any atom is -0.394 e. The van der Waals surface area contributed by atoms with Gasteiger partial charge in [-0.15, -0.1) is 0 Å². The van der Waals surface area contributed by atoms with E-state index in [9.17, 15) is 15.0 Å².